The average molecular weight is 1180 g/mol. The van der Waals surface area contributed by atoms with Gasteiger partial charge < -0.3 is 24.2 Å². The van der Waals surface area contributed by atoms with Crippen LogP contribution in [0.2, 0.25) is 0 Å². The van der Waals surface area contributed by atoms with Crippen molar-refractivity contribution >= 4 is 25.7 Å². The molecular weight excluding hydrogens is 1050 g/mol. The van der Waals surface area contributed by atoms with Gasteiger partial charge in [0.2, 0.25) is 0 Å². The summed E-state index contributed by atoms with van der Waals surface area (Å²) in [5.41, 5.74) is 0. The van der Waals surface area contributed by atoms with Gasteiger partial charge >= 0.3 is 25.7 Å². The summed E-state index contributed by atoms with van der Waals surface area (Å²) in [6.07, 6.45) is 73.1. The monoisotopic (exact) mass is 1170 g/mol. The predicted octanol–water partition coefficient (Wildman–Crippen LogP) is 21.0. The molecule has 478 valence electrons. The van der Waals surface area contributed by atoms with Crippen LogP contribution in [0, 0.1) is 0 Å². The molecule has 0 spiro atoms. The van der Waals surface area contributed by atoms with Crippen molar-refractivity contribution in [2.75, 3.05) is 26.4 Å². The van der Waals surface area contributed by atoms with E-state index < -0.39 is 57.8 Å². The molecule has 0 aromatic rings. The molecule has 0 aromatic heterocycles. The Morgan fingerprint density at radius 2 is 0.634 bits per heavy atom. The molecule has 11 nitrogen and oxygen atoms in total. The molecule has 0 aliphatic heterocycles. The summed E-state index contributed by atoms with van der Waals surface area (Å²) in [7, 11) is -4.76. The molecule has 0 fully saturated rings. The summed E-state index contributed by atoms with van der Waals surface area (Å²) in [4.78, 5) is 48.9. The van der Waals surface area contributed by atoms with Crippen LogP contribution in [0.4, 0.5) is 0 Å². The van der Waals surface area contributed by atoms with E-state index in [-0.39, 0.29) is 25.9 Å². The smallest absolute Gasteiger partial charge is 0.462 e. The Balaban J connectivity index is 4.65. The highest BCUT2D eigenvalue weighted by Crippen LogP contribution is 2.43. The summed E-state index contributed by atoms with van der Waals surface area (Å²) in [5.74, 6) is -1.46. The second-order valence-corrected chi connectivity index (χ2v) is 24.4. The van der Waals surface area contributed by atoms with Gasteiger partial charge in [-0.3, -0.25) is 23.4 Å². The minimum absolute atomic E-state index is 0.161. The number of phosphoric ester groups is 1. The second-order valence-electron chi connectivity index (χ2n) is 23.0. The van der Waals surface area contributed by atoms with Gasteiger partial charge in [-0.05, 0) is 83.5 Å². The van der Waals surface area contributed by atoms with Crippen LogP contribution >= 0.6 is 7.82 Å². The van der Waals surface area contributed by atoms with Crippen molar-refractivity contribution in [1.82, 2.24) is 0 Å². The zero-order chi connectivity index (χ0) is 59.8. The number of carbonyl (C=O) groups is 3. The maximum atomic E-state index is 13.0. The standard InChI is InChI=1S/C70H127O11P/c1-4-7-10-13-16-19-22-25-28-31-33-36-39-42-45-48-51-54-57-60-69(73)80-66(62-71)64-78-82(75,76)79-65-67(63-77-68(72)59-56-53-50-47-44-41-38-35-30-27-24-21-18-15-12-9-6-3)81-70(74)61-58-55-52-49-46-43-40-37-34-32-29-26-23-20-17-14-11-8-5-2/h9,12,17-18,20-21,26-27,29-30,66-67,71H,4-8,10-11,13-16,19,22-25,28,31-65H2,1-3H3,(H,75,76)/b12-9-,20-17-,21-18-,29-26-,30-27-. The number of hydrogen-bond acceptors (Lipinski definition) is 10. The Kier molecular flexibility index (Phi) is 62.0. The number of aliphatic hydroxyl groups is 1. The maximum absolute atomic E-state index is 13.0. The number of aliphatic hydroxyl groups excluding tert-OH is 1. The summed E-state index contributed by atoms with van der Waals surface area (Å²) in [6, 6.07) is 0. The van der Waals surface area contributed by atoms with Gasteiger partial charge in [0.15, 0.2) is 6.10 Å². The Hall–Kier alpha value is -2.82. The lowest BCUT2D eigenvalue weighted by Gasteiger charge is -2.21. The number of phosphoric acid groups is 1. The number of ether oxygens (including phenoxy) is 3. The van der Waals surface area contributed by atoms with Crippen LogP contribution in [0.25, 0.3) is 0 Å². The molecule has 0 heterocycles. The van der Waals surface area contributed by atoms with Crippen molar-refractivity contribution < 1.29 is 52.2 Å². The van der Waals surface area contributed by atoms with Crippen LogP contribution in [-0.4, -0.2) is 66.5 Å². The van der Waals surface area contributed by atoms with E-state index in [4.69, 9.17) is 23.3 Å². The molecule has 0 bridgehead atoms. The van der Waals surface area contributed by atoms with Gasteiger partial charge in [0, 0.05) is 19.3 Å². The fourth-order valence-corrected chi connectivity index (χ4v) is 10.5. The third-order valence-corrected chi connectivity index (χ3v) is 15.9. The summed E-state index contributed by atoms with van der Waals surface area (Å²) in [6.45, 7) is 4.57. The van der Waals surface area contributed by atoms with Crippen molar-refractivity contribution in [3.05, 3.63) is 60.8 Å². The van der Waals surface area contributed by atoms with E-state index in [2.05, 4.69) is 81.5 Å². The number of esters is 3. The molecular formula is C70H127O11P. The van der Waals surface area contributed by atoms with Crippen molar-refractivity contribution in [2.24, 2.45) is 0 Å². The van der Waals surface area contributed by atoms with Crippen molar-refractivity contribution in [1.29, 1.82) is 0 Å². The van der Waals surface area contributed by atoms with E-state index in [0.29, 0.717) is 19.3 Å². The molecule has 0 aromatic carbocycles. The Morgan fingerprint density at radius 3 is 1.00 bits per heavy atom. The normalized spacial score (nSPS) is 13.6. The lowest BCUT2D eigenvalue weighted by Crippen LogP contribution is -2.30. The maximum Gasteiger partial charge on any atom is 0.472 e. The molecule has 2 N–H and O–H groups in total. The molecule has 0 aliphatic rings. The van der Waals surface area contributed by atoms with Gasteiger partial charge in [0.1, 0.15) is 12.7 Å². The fourth-order valence-electron chi connectivity index (χ4n) is 9.76. The number of hydrogen-bond donors (Lipinski definition) is 2. The molecule has 12 heteroatoms. The first-order valence-electron chi connectivity index (χ1n) is 34.2. The van der Waals surface area contributed by atoms with Crippen LogP contribution in [0.1, 0.15) is 329 Å². The molecule has 0 rings (SSSR count). The summed E-state index contributed by atoms with van der Waals surface area (Å²) in [5, 5.41) is 9.88. The Morgan fingerprint density at radius 1 is 0.354 bits per heavy atom. The quantitative estimate of drug-likeness (QED) is 0.0197. The van der Waals surface area contributed by atoms with E-state index >= 15 is 0 Å². The van der Waals surface area contributed by atoms with Gasteiger partial charge in [-0.1, -0.05) is 287 Å². The minimum Gasteiger partial charge on any atom is -0.462 e. The highest BCUT2D eigenvalue weighted by atomic mass is 31.2. The molecule has 0 saturated carbocycles. The highest BCUT2D eigenvalue weighted by Gasteiger charge is 2.28. The van der Waals surface area contributed by atoms with E-state index in [1.807, 2.05) is 0 Å². The Labute approximate surface area is 504 Å². The van der Waals surface area contributed by atoms with Gasteiger partial charge in [-0.25, -0.2) is 4.57 Å². The third kappa shape index (κ3) is 61.7. The fraction of sp³-hybridized carbons (Fsp3) is 0.814. The molecule has 82 heavy (non-hydrogen) atoms. The third-order valence-electron chi connectivity index (χ3n) is 14.9. The highest BCUT2D eigenvalue weighted by molar-refractivity contribution is 7.47. The number of allylic oxidation sites excluding steroid dienone is 10. The first-order valence-corrected chi connectivity index (χ1v) is 35.7. The first kappa shape index (κ1) is 79.2. The lowest BCUT2D eigenvalue weighted by molar-refractivity contribution is -0.161. The zero-order valence-corrected chi connectivity index (χ0v) is 54.1. The number of carbonyl (C=O) groups excluding carboxylic acids is 3. The van der Waals surface area contributed by atoms with E-state index in [1.165, 1.54) is 167 Å². The van der Waals surface area contributed by atoms with Crippen LogP contribution in [-0.2, 0) is 42.2 Å². The molecule has 0 aliphatic carbocycles. The number of unbranched alkanes of at least 4 members (excludes halogenated alkanes) is 37. The van der Waals surface area contributed by atoms with Gasteiger partial charge in [0.25, 0.3) is 0 Å². The molecule has 0 saturated heterocycles. The second kappa shape index (κ2) is 64.2. The van der Waals surface area contributed by atoms with Gasteiger partial charge in [-0.2, -0.15) is 0 Å². The SMILES string of the molecule is CC/C=C\C/C=C\C/C=C\CCCCCCCCCC(=O)OCC(COP(=O)(O)OCC(CO)OC(=O)CCCCCCCCCCCCCCCCCCCCC)OC(=O)CCCCCCCCCCC/C=C\C/C=C\CCCCC. The van der Waals surface area contributed by atoms with Crippen LogP contribution in [0.15, 0.2) is 60.8 Å². The minimum atomic E-state index is -4.76. The van der Waals surface area contributed by atoms with Crippen LogP contribution in [0.3, 0.4) is 0 Å². The predicted molar refractivity (Wildman–Crippen MR) is 344 cm³/mol. The lowest BCUT2D eigenvalue weighted by atomic mass is 10.0. The topological polar surface area (TPSA) is 155 Å². The van der Waals surface area contributed by atoms with E-state index in [1.54, 1.807) is 0 Å². The van der Waals surface area contributed by atoms with E-state index in [0.717, 1.165) is 103 Å². The zero-order valence-electron chi connectivity index (χ0n) is 53.2. The number of rotatable bonds is 64. The largest absolute Gasteiger partial charge is 0.472 e. The molecule has 3 atom stereocenters. The molecule has 3 unspecified atom stereocenters. The summed E-state index contributed by atoms with van der Waals surface area (Å²) < 4.78 is 39.8. The van der Waals surface area contributed by atoms with E-state index in [9.17, 15) is 28.9 Å². The van der Waals surface area contributed by atoms with Crippen LogP contribution in [0.5, 0.6) is 0 Å². The van der Waals surface area contributed by atoms with Crippen molar-refractivity contribution in [3.63, 3.8) is 0 Å². The van der Waals surface area contributed by atoms with Gasteiger partial charge in [-0.15, -0.1) is 0 Å². The van der Waals surface area contributed by atoms with Crippen molar-refractivity contribution in [2.45, 2.75) is 341 Å². The average Bonchev–Trinajstić information content (AvgIpc) is 3.47. The first-order chi connectivity index (χ1) is 40.2. The molecule has 0 radical (unpaired) electrons. The van der Waals surface area contributed by atoms with Crippen LogP contribution < -0.4 is 0 Å². The Bertz CT molecular complexity index is 1610. The van der Waals surface area contributed by atoms with Crippen molar-refractivity contribution in [3.8, 4) is 0 Å². The van der Waals surface area contributed by atoms with Gasteiger partial charge in [0.05, 0.1) is 19.8 Å². The summed E-state index contributed by atoms with van der Waals surface area (Å²) >= 11 is 0. The molecule has 0 amide bonds.